The number of thioether (sulfide) groups is 1. The summed E-state index contributed by atoms with van der Waals surface area (Å²) in [5.74, 6) is 0. The summed E-state index contributed by atoms with van der Waals surface area (Å²) in [6.07, 6.45) is 15.0. The van der Waals surface area contributed by atoms with E-state index in [1.165, 1.54) is 32.8 Å². The molecule has 0 aliphatic rings. The first-order valence-electron chi connectivity index (χ1n) is 12.9. The van der Waals surface area contributed by atoms with Gasteiger partial charge in [-0.2, -0.15) is 0 Å². The fourth-order valence-electron chi connectivity index (χ4n) is 3.80. The zero-order valence-corrected chi connectivity index (χ0v) is 23.2. The van der Waals surface area contributed by atoms with Gasteiger partial charge in [-0.15, -0.1) is 11.8 Å². The van der Waals surface area contributed by atoms with E-state index in [2.05, 4.69) is 114 Å². The monoisotopic (exact) mass is 488 g/mol. The fraction of sp³-hybridized carbons (Fsp3) is 0.394. The molecule has 0 aliphatic heterocycles. The Morgan fingerprint density at radius 2 is 1.37 bits per heavy atom. The lowest BCUT2D eigenvalue weighted by molar-refractivity contribution is 0.148. The first-order chi connectivity index (χ1) is 16.9. The summed E-state index contributed by atoms with van der Waals surface area (Å²) < 4.78 is 5.80. The summed E-state index contributed by atoms with van der Waals surface area (Å²) >= 11 is 1.98. The number of allylic oxidation sites excluding steroid dienone is 6. The third-order valence-corrected chi connectivity index (χ3v) is 6.96. The lowest BCUT2D eigenvalue weighted by atomic mass is 10.0. The van der Waals surface area contributed by atoms with Crippen molar-refractivity contribution in [1.29, 1.82) is 0 Å². The van der Waals surface area contributed by atoms with Crippen LogP contribution in [-0.2, 0) is 11.3 Å². The topological polar surface area (TPSA) is 9.23 Å². The van der Waals surface area contributed by atoms with E-state index in [1.807, 2.05) is 17.8 Å². The van der Waals surface area contributed by atoms with E-state index < -0.39 is 0 Å². The number of hydrogen-bond acceptors (Lipinski definition) is 2. The van der Waals surface area contributed by atoms with Crippen molar-refractivity contribution in [3.63, 3.8) is 0 Å². The average Bonchev–Trinajstić information content (AvgIpc) is 2.83. The Morgan fingerprint density at radius 3 is 2.06 bits per heavy atom. The average molecular weight is 489 g/mol. The van der Waals surface area contributed by atoms with Crippen molar-refractivity contribution >= 4 is 11.8 Å². The highest BCUT2D eigenvalue weighted by Gasteiger charge is 2.09. The molecule has 0 aromatic heterocycles. The van der Waals surface area contributed by atoms with Gasteiger partial charge in [-0.1, -0.05) is 95.1 Å². The molecule has 0 amide bonds. The molecule has 0 radical (unpaired) electrons. The second kappa shape index (κ2) is 17.2. The van der Waals surface area contributed by atoms with Gasteiger partial charge in [0.2, 0.25) is 0 Å². The van der Waals surface area contributed by atoms with E-state index in [9.17, 15) is 0 Å². The van der Waals surface area contributed by atoms with E-state index in [0.29, 0.717) is 18.5 Å². The van der Waals surface area contributed by atoms with Crippen molar-refractivity contribution in [3.05, 3.63) is 113 Å². The van der Waals surface area contributed by atoms with Crippen molar-refractivity contribution < 1.29 is 4.74 Å². The van der Waals surface area contributed by atoms with Gasteiger partial charge in [0.05, 0.1) is 13.2 Å². The molecule has 2 aromatic rings. The standard InChI is InChI=1S/C33H44OS/c1-27(2)14-12-16-29(4)24-33(35-32-20-10-7-11-21-32)25-30(5)17-13-15-28(3)22-23-34-26-31-18-8-6-9-19-31/h6-11,14,17-22,24,33H,12-13,15-16,23,25-26H2,1-5H3/b28-22+,29-24+,30-17+. The lowest BCUT2D eigenvalue weighted by Gasteiger charge is -2.15. The molecule has 2 aromatic carbocycles. The van der Waals surface area contributed by atoms with Crippen LogP contribution >= 0.6 is 11.8 Å². The molecule has 1 atom stereocenters. The summed E-state index contributed by atoms with van der Waals surface area (Å²) in [5, 5.41) is 0.461. The molecule has 1 nitrogen and oxygen atoms in total. The Bertz CT molecular complexity index is 963. The highest BCUT2D eigenvalue weighted by atomic mass is 32.2. The maximum Gasteiger partial charge on any atom is 0.0721 e. The van der Waals surface area contributed by atoms with Crippen LogP contribution in [0.1, 0.15) is 72.3 Å². The second-order valence-corrected chi connectivity index (χ2v) is 11.0. The first kappa shape index (κ1) is 28.9. The zero-order valence-electron chi connectivity index (χ0n) is 22.4. The van der Waals surface area contributed by atoms with Crippen molar-refractivity contribution in [1.82, 2.24) is 0 Å². The number of benzene rings is 2. The molecule has 0 bridgehead atoms. The Hall–Kier alpha value is -2.29. The van der Waals surface area contributed by atoms with Crippen molar-refractivity contribution in [2.45, 2.75) is 83.5 Å². The second-order valence-electron chi connectivity index (χ2n) is 9.65. The zero-order chi connectivity index (χ0) is 25.3. The van der Waals surface area contributed by atoms with Crippen LogP contribution in [0.4, 0.5) is 0 Å². The van der Waals surface area contributed by atoms with Gasteiger partial charge in [0.25, 0.3) is 0 Å². The van der Waals surface area contributed by atoms with Gasteiger partial charge in [0, 0.05) is 10.1 Å². The largest absolute Gasteiger partial charge is 0.373 e. The van der Waals surface area contributed by atoms with Crippen LogP contribution in [0.25, 0.3) is 0 Å². The Morgan fingerprint density at radius 1 is 0.743 bits per heavy atom. The number of hydrogen-bond donors (Lipinski definition) is 0. The third-order valence-electron chi connectivity index (χ3n) is 5.81. The smallest absolute Gasteiger partial charge is 0.0721 e. The van der Waals surface area contributed by atoms with Gasteiger partial charge in [0.15, 0.2) is 0 Å². The molecule has 2 rings (SSSR count). The highest BCUT2D eigenvalue weighted by molar-refractivity contribution is 8.00. The van der Waals surface area contributed by atoms with Crippen LogP contribution in [0.5, 0.6) is 0 Å². The molecule has 0 spiro atoms. The van der Waals surface area contributed by atoms with Gasteiger partial charge < -0.3 is 4.74 Å². The van der Waals surface area contributed by atoms with Gasteiger partial charge in [-0.3, -0.25) is 0 Å². The molecule has 0 aliphatic carbocycles. The first-order valence-corrected chi connectivity index (χ1v) is 13.8. The Balaban J connectivity index is 1.85. The normalized spacial score (nSPS) is 13.6. The third kappa shape index (κ3) is 14.0. The predicted molar refractivity (Wildman–Crippen MR) is 156 cm³/mol. The summed E-state index contributed by atoms with van der Waals surface area (Å²) in [7, 11) is 0. The SMILES string of the molecule is CC(C)=CCC/C(C)=C/C(C/C(C)=C/CC/C(C)=C/COCc1ccccc1)Sc1ccccc1. The Kier molecular flexibility index (Phi) is 14.2. The predicted octanol–water partition coefficient (Wildman–Crippen LogP) is 10.1. The number of ether oxygens (including phenoxy) is 1. The minimum Gasteiger partial charge on any atom is -0.373 e. The molecule has 35 heavy (non-hydrogen) atoms. The Labute approximate surface area is 219 Å². The van der Waals surface area contributed by atoms with Crippen molar-refractivity contribution in [2.24, 2.45) is 0 Å². The van der Waals surface area contributed by atoms with Gasteiger partial charge in [0.1, 0.15) is 0 Å². The molecule has 1 unspecified atom stereocenters. The molecule has 2 heteroatoms. The molecular weight excluding hydrogens is 444 g/mol. The maximum absolute atomic E-state index is 5.80. The van der Waals surface area contributed by atoms with Crippen LogP contribution < -0.4 is 0 Å². The molecule has 0 fully saturated rings. The van der Waals surface area contributed by atoms with Crippen LogP contribution in [0.15, 0.2) is 112 Å². The van der Waals surface area contributed by atoms with E-state index in [1.54, 1.807) is 0 Å². The van der Waals surface area contributed by atoms with Crippen LogP contribution in [0.3, 0.4) is 0 Å². The van der Waals surface area contributed by atoms with Gasteiger partial charge in [-0.25, -0.2) is 0 Å². The lowest BCUT2D eigenvalue weighted by Crippen LogP contribution is -2.01. The van der Waals surface area contributed by atoms with E-state index in [4.69, 9.17) is 4.74 Å². The molecule has 0 N–H and O–H groups in total. The van der Waals surface area contributed by atoms with Crippen molar-refractivity contribution in [3.8, 4) is 0 Å². The van der Waals surface area contributed by atoms with E-state index >= 15 is 0 Å². The van der Waals surface area contributed by atoms with Crippen LogP contribution in [0.2, 0.25) is 0 Å². The van der Waals surface area contributed by atoms with Crippen LogP contribution in [-0.4, -0.2) is 11.9 Å². The molecule has 0 saturated carbocycles. The molecule has 0 saturated heterocycles. The molecular formula is C33H44OS. The minimum absolute atomic E-state index is 0.461. The number of rotatable bonds is 15. The maximum atomic E-state index is 5.80. The summed E-state index contributed by atoms with van der Waals surface area (Å²) in [4.78, 5) is 1.34. The fourth-order valence-corrected chi connectivity index (χ4v) is 5.11. The van der Waals surface area contributed by atoms with Crippen LogP contribution in [0, 0.1) is 0 Å². The summed E-state index contributed by atoms with van der Waals surface area (Å²) in [6, 6.07) is 21.1. The highest BCUT2D eigenvalue weighted by Crippen LogP contribution is 2.30. The minimum atomic E-state index is 0.461. The van der Waals surface area contributed by atoms with E-state index in [0.717, 1.165) is 32.1 Å². The summed E-state index contributed by atoms with van der Waals surface area (Å²) in [6.45, 7) is 12.5. The van der Waals surface area contributed by atoms with Gasteiger partial charge in [-0.05, 0) is 84.4 Å². The molecule has 188 valence electrons. The van der Waals surface area contributed by atoms with E-state index in [-0.39, 0.29) is 0 Å². The van der Waals surface area contributed by atoms with Gasteiger partial charge >= 0.3 is 0 Å². The summed E-state index contributed by atoms with van der Waals surface area (Å²) in [5.41, 5.74) is 6.98. The van der Waals surface area contributed by atoms with Crippen molar-refractivity contribution in [2.75, 3.05) is 6.61 Å². The molecule has 0 heterocycles. The quantitative estimate of drug-likeness (QED) is 0.140.